The molecule has 2 aromatic carbocycles. The summed E-state index contributed by atoms with van der Waals surface area (Å²) in [6, 6.07) is 17.2. The van der Waals surface area contributed by atoms with E-state index in [0.29, 0.717) is 6.54 Å². The lowest BCUT2D eigenvalue weighted by Crippen LogP contribution is -2.02. The number of aryl methyl sites for hydroxylation is 1. The molecule has 114 valence electrons. The topological polar surface area (TPSA) is 54.7 Å². The molecule has 0 atom stereocenters. The number of fused-ring (bicyclic) bond motifs is 3. The molecule has 0 radical (unpaired) electrons. The maximum absolute atomic E-state index is 5.70. The molecule has 2 aromatic heterocycles. The van der Waals surface area contributed by atoms with Gasteiger partial charge in [0, 0.05) is 22.5 Å². The van der Waals surface area contributed by atoms with Crippen molar-refractivity contribution in [2.75, 3.05) is 6.54 Å². The Kier molecular flexibility index (Phi) is 3.36. The van der Waals surface area contributed by atoms with Gasteiger partial charge in [-0.15, -0.1) is 0 Å². The Balaban J connectivity index is 2.00. The Labute approximate surface area is 135 Å². The molecule has 3 N–H and O–H groups in total. The van der Waals surface area contributed by atoms with E-state index in [-0.39, 0.29) is 0 Å². The molecule has 3 heteroatoms. The van der Waals surface area contributed by atoms with Crippen molar-refractivity contribution in [2.45, 2.75) is 13.3 Å². The minimum atomic E-state index is 0.668. The maximum atomic E-state index is 5.70. The molecule has 0 aliphatic carbocycles. The Bertz CT molecular complexity index is 998. The molecule has 0 fully saturated rings. The maximum Gasteiger partial charge on any atom is 0.138 e. The van der Waals surface area contributed by atoms with Gasteiger partial charge in [-0.1, -0.05) is 36.4 Å². The first kappa shape index (κ1) is 14.0. The van der Waals surface area contributed by atoms with Crippen LogP contribution in [0.3, 0.4) is 0 Å². The summed E-state index contributed by atoms with van der Waals surface area (Å²) in [6.07, 6.45) is 2.77. The van der Waals surface area contributed by atoms with Crippen molar-refractivity contribution in [2.24, 2.45) is 5.73 Å². The second kappa shape index (κ2) is 5.52. The van der Waals surface area contributed by atoms with Gasteiger partial charge in [-0.25, -0.2) is 4.98 Å². The van der Waals surface area contributed by atoms with Crippen LogP contribution < -0.4 is 5.73 Å². The molecule has 3 nitrogen and oxygen atoms in total. The number of rotatable bonds is 3. The number of nitrogens with two attached hydrogens (primary N) is 1. The Morgan fingerprint density at radius 2 is 2.00 bits per heavy atom. The number of pyridine rings is 1. The summed E-state index contributed by atoms with van der Waals surface area (Å²) < 4.78 is 0. The fourth-order valence-electron chi connectivity index (χ4n) is 3.24. The van der Waals surface area contributed by atoms with E-state index in [1.807, 2.05) is 6.20 Å². The second-order valence-corrected chi connectivity index (χ2v) is 6.00. The third-order valence-electron chi connectivity index (χ3n) is 4.32. The van der Waals surface area contributed by atoms with Crippen molar-refractivity contribution in [3.63, 3.8) is 0 Å². The molecule has 4 aromatic rings. The van der Waals surface area contributed by atoms with Crippen molar-refractivity contribution in [3.05, 3.63) is 65.9 Å². The quantitative estimate of drug-likeness (QED) is 0.596. The highest BCUT2D eigenvalue weighted by Crippen LogP contribution is 2.34. The predicted molar refractivity (Wildman–Crippen MR) is 96.5 cm³/mol. The minimum absolute atomic E-state index is 0.668. The van der Waals surface area contributed by atoms with Gasteiger partial charge in [-0.3, -0.25) is 0 Å². The summed E-state index contributed by atoms with van der Waals surface area (Å²) in [5, 5.41) is 2.41. The van der Waals surface area contributed by atoms with Crippen LogP contribution in [0.5, 0.6) is 0 Å². The van der Waals surface area contributed by atoms with Crippen LogP contribution in [0.25, 0.3) is 33.1 Å². The molecule has 0 amide bonds. The second-order valence-electron chi connectivity index (χ2n) is 6.00. The normalized spacial score (nSPS) is 11.4. The molecule has 0 aliphatic rings. The summed E-state index contributed by atoms with van der Waals surface area (Å²) >= 11 is 0. The van der Waals surface area contributed by atoms with Crippen molar-refractivity contribution in [1.29, 1.82) is 0 Å². The molecule has 0 bridgehead atoms. The molecule has 0 spiro atoms. The Morgan fingerprint density at radius 3 is 2.87 bits per heavy atom. The van der Waals surface area contributed by atoms with Crippen molar-refractivity contribution >= 4 is 21.9 Å². The van der Waals surface area contributed by atoms with Crippen molar-refractivity contribution in [1.82, 2.24) is 9.97 Å². The molecular weight excluding hydrogens is 282 g/mol. The monoisotopic (exact) mass is 301 g/mol. The number of hydrogen-bond acceptors (Lipinski definition) is 2. The number of nitrogens with one attached hydrogen (secondary N) is 1. The molecule has 0 saturated carbocycles. The van der Waals surface area contributed by atoms with E-state index in [9.17, 15) is 0 Å². The predicted octanol–water partition coefficient (Wildman–Crippen LogP) is 4.19. The van der Waals surface area contributed by atoms with E-state index in [2.05, 4.69) is 65.4 Å². The van der Waals surface area contributed by atoms with Crippen LogP contribution in [0.1, 0.15) is 11.1 Å². The van der Waals surface area contributed by atoms with Gasteiger partial charge in [-0.05, 0) is 54.3 Å². The van der Waals surface area contributed by atoms with Crippen molar-refractivity contribution < 1.29 is 0 Å². The molecule has 4 rings (SSSR count). The van der Waals surface area contributed by atoms with Gasteiger partial charge < -0.3 is 10.7 Å². The van der Waals surface area contributed by atoms with Crippen molar-refractivity contribution in [3.8, 4) is 11.1 Å². The third-order valence-corrected chi connectivity index (χ3v) is 4.32. The average Bonchev–Trinajstić information content (AvgIpc) is 2.92. The molecule has 23 heavy (non-hydrogen) atoms. The van der Waals surface area contributed by atoms with Crippen LogP contribution in [0.4, 0.5) is 0 Å². The van der Waals surface area contributed by atoms with E-state index >= 15 is 0 Å². The zero-order valence-electron chi connectivity index (χ0n) is 13.1. The number of aromatic nitrogens is 2. The standard InChI is InChI=1S/C20H19N3/c1-13-5-6-17-18(11-13)23-20-19(17)16(8-10-22-20)15-4-2-3-14(12-15)7-9-21/h2-6,8,10-12H,7,9,21H2,1H3,(H,22,23). The summed E-state index contributed by atoms with van der Waals surface area (Å²) in [5.74, 6) is 0. The Morgan fingerprint density at radius 1 is 1.09 bits per heavy atom. The third kappa shape index (κ3) is 2.39. The first-order valence-corrected chi connectivity index (χ1v) is 7.93. The summed E-state index contributed by atoms with van der Waals surface area (Å²) in [6.45, 7) is 2.77. The van der Waals surface area contributed by atoms with Gasteiger partial charge in [0.1, 0.15) is 5.65 Å². The molecule has 0 unspecified atom stereocenters. The molecule has 0 aliphatic heterocycles. The number of benzene rings is 2. The Hall–Kier alpha value is -2.65. The van der Waals surface area contributed by atoms with Gasteiger partial charge in [0.05, 0.1) is 0 Å². The van der Waals surface area contributed by atoms with E-state index < -0.39 is 0 Å². The van der Waals surface area contributed by atoms with Crippen LogP contribution in [0, 0.1) is 6.92 Å². The first-order chi connectivity index (χ1) is 11.3. The van der Waals surface area contributed by atoms with Gasteiger partial charge in [0.2, 0.25) is 0 Å². The summed E-state index contributed by atoms with van der Waals surface area (Å²) in [5.41, 5.74) is 12.7. The largest absolute Gasteiger partial charge is 0.339 e. The lowest BCUT2D eigenvalue weighted by atomic mass is 9.98. The smallest absolute Gasteiger partial charge is 0.138 e. The zero-order chi connectivity index (χ0) is 15.8. The fraction of sp³-hybridized carbons (Fsp3) is 0.150. The van der Waals surface area contributed by atoms with Crippen LogP contribution in [-0.2, 0) is 6.42 Å². The molecule has 2 heterocycles. The lowest BCUT2D eigenvalue weighted by molar-refractivity contribution is 0.969. The number of aromatic amines is 1. The zero-order valence-corrected chi connectivity index (χ0v) is 13.1. The number of H-pyrrole nitrogens is 1. The lowest BCUT2D eigenvalue weighted by Gasteiger charge is -2.07. The van der Waals surface area contributed by atoms with E-state index in [1.54, 1.807) is 0 Å². The van der Waals surface area contributed by atoms with Gasteiger partial charge >= 0.3 is 0 Å². The van der Waals surface area contributed by atoms with Crippen LogP contribution in [-0.4, -0.2) is 16.5 Å². The summed E-state index contributed by atoms with van der Waals surface area (Å²) in [7, 11) is 0. The summed E-state index contributed by atoms with van der Waals surface area (Å²) in [4.78, 5) is 7.96. The highest BCUT2D eigenvalue weighted by Gasteiger charge is 2.11. The van der Waals surface area contributed by atoms with Crippen LogP contribution in [0.15, 0.2) is 54.7 Å². The SMILES string of the molecule is Cc1ccc2c(c1)[nH]c1nccc(-c3cccc(CCN)c3)c12. The fourth-order valence-corrected chi connectivity index (χ4v) is 3.24. The highest BCUT2D eigenvalue weighted by atomic mass is 14.8. The number of hydrogen-bond donors (Lipinski definition) is 2. The van der Waals surface area contributed by atoms with Gasteiger partial charge in [0.25, 0.3) is 0 Å². The van der Waals surface area contributed by atoms with Crippen LogP contribution in [0.2, 0.25) is 0 Å². The first-order valence-electron chi connectivity index (χ1n) is 7.93. The van der Waals surface area contributed by atoms with Gasteiger partial charge in [-0.2, -0.15) is 0 Å². The number of nitrogens with zero attached hydrogens (tertiary/aromatic N) is 1. The van der Waals surface area contributed by atoms with E-state index in [0.717, 1.165) is 17.6 Å². The molecular formula is C20H19N3. The van der Waals surface area contributed by atoms with Crippen LogP contribution >= 0.6 is 0 Å². The minimum Gasteiger partial charge on any atom is -0.339 e. The van der Waals surface area contributed by atoms with E-state index in [1.165, 1.54) is 33.0 Å². The van der Waals surface area contributed by atoms with Gasteiger partial charge in [0.15, 0.2) is 0 Å². The average molecular weight is 301 g/mol. The van der Waals surface area contributed by atoms with E-state index in [4.69, 9.17) is 5.73 Å². The highest BCUT2D eigenvalue weighted by molar-refractivity contribution is 6.12. The molecule has 0 saturated heterocycles.